The molecule has 238 valence electrons. The molecule has 3 saturated carbocycles. The number of Topliss-reactive ketones (excluding diaryl/α,β-unsaturated/α-hetero) is 1. The number of rotatable bonds is 9. The van der Waals surface area contributed by atoms with Crippen molar-refractivity contribution in [2.45, 2.75) is 120 Å². The Morgan fingerprint density at radius 3 is 2.16 bits per heavy atom. The van der Waals surface area contributed by atoms with Gasteiger partial charge in [-0.15, -0.1) is 0 Å². The van der Waals surface area contributed by atoms with Gasteiger partial charge in [0.1, 0.15) is 18.8 Å². The van der Waals surface area contributed by atoms with Crippen LogP contribution in [0.4, 0.5) is 0 Å². The maximum atomic E-state index is 13.8. The summed E-state index contributed by atoms with van der Waals surface area (Å²) in [7, 11) is 0. The maximum Gasteiger partial charge on any atom is 0.303 e. The van der Waals surface area contributed by atoms with Crippen molar-refractivity contribution >= 4 is 23.7 Å². The number of allylic oxidation sites excluding steroid dienone is 6. The van der Waals surface area contributed by atoms with Crippen LogP contribution in [0.25, 0.3) is 0 Å². The van der Waals surface area contributed by atoms with E-state index >= 15 is 0 Å². The Hall–Kier alpha value is -2.96. The number of hydrogen-bond acceptors (Lipinski definition) is 7. The fourth-order valence-corrected chi connectivity index (χ4v) is 8.63. The highest BCUT2D eigenvalue weighted by Gasteiger charge is 2.66. The second kappa shape index (κ2) is 13.4. The van der Waals surface area contributed by atoms with Gasteiger partial charge in [0.15, 0.2) is 5.78 Å². The van der Waals surface area contributed by atoms with Gasteiger partial charge >= 0.3 is 17.9 Å². The molecule has 3 rings (SSSR count). The molecule has 0 aromatic rings. The van der Waals surface area contributed by atoms with Crippen molar-refractivity contribution in [3.05, 3.63) is 46.6 Å². The van der Waals surface area contributed by atoms with Crippen molar-refractivity contribution in [1.82, 2.24) is 0 Å². The monoisotopic (exact) mass is 596 g/mol. The minimum Gasteiger partial charge on any atom is -0.465 e. The zero-order valence-corrected chi connectivity index (χ0v) is 27.9. The van der Waals surface area contributed by atoms with Crippen LogP contribution in [0.1, 0.15) is 108 Å². The fraction of sp³-hybridized carbons (Fsp3) is 0.667. The van der Waals surface area contributed by atoms with Crippen LogP contribution in [0.2, 0.25) is 0 Å². The predicted molar refractivity (Wildman–Crippen MR) is 167 cm³/mol. The van der Waals surface area contributed by atoms with E-state index in [-0.39, 0.29) is 65.2 Å². The Morgan fingerprint density at radius 1 is 0.907 bits per heavy atom. The molecule has 7 nitrogen and oxygen atoms in total. The van der Waals surface area contributed by atoms with Gasteiger partial charge in [-0.25, -0.2) is 0 Å². The molecule has 3 aliphatic rings. The summed E-state index contributed by atoms with van der Waals surface area (Å²) in [5.74, 6) is -0.528. The van der Waals surface area contributed by atoms with Crippen molar-refractivity contribution in [2.75, 3.05) is 6.61 Å². The predicted octanol–water partition coefficient (Wildman–Crippen LogP) is 7.40. The van der Waals surface area contributed by atoms with Crippen molar-refractivity contribution < 1.29 is 33.4 Å². The molecule has 0 N–H and O–H groups in total. The van der Waals surface area contributed by atoms with Gasteiger partial charge in [0.25, 0.3) is 0 Å². The highest BCUT2D eigenvalue weighted by atomic mass is 16.6. The third-order valence-electron chi connectivity index (χ3n) is 10.6. The molecule has 0 radical (unpaired) electrons. The van der Waals surface area contributed by atoms with Crippen LogP contribution in [0, 0.1) is 28.1 Å². The van der Waals surface area contributed by atoms with Gasteiger partial charge < -0.3 is 14.2 Å². The largest absolute Gasteiger partial charge is 0.465 e. The highest BCUT2D eigenvalue weighted by Crippen LogP contribution is 2.69. The molecular weight excluding hydrogens is 544 g/mol. The van der Waals surface area contributed by atoms with Crippen LogP contribution in [-0.4, -0.2) is 42.5 Å². The molecule has 0 aliphatic heterocycles. The Morgan fingerprint density at radius 2 is 1.58 bits per heavy atom. The number of fused-ring (bicyclic) bond motifs is 3. The first-order valence-corrected chi connectivity index (χ1v) is 15.7. The molecule has 43 heavy (non-hydrogen) atoms. The Balaban J connectivity index is 1.93. The van der Waals surface area contributed by atoms with Crippen LogP contribution in [0.5, 0.6) is 0 Å². The fourth-order valence-electron chi connectivity index (χ4n) is 8.63. The number of ether oxygens (including phenoxy) is 3. The quantitative estimate of drug-likeness (QED) is 0.0900. The van der Waals surface area contributed by atoms with Crippen LogP contribution >= 0.6 is 0 Å². The maximum absolute atomic E-state index is 13.8. The average molecular weight is 597 g/mol. The molecule has 0 amide bonds. The van der Waals surface area contributed by atoms with E-state index < -0.39 is 5.41 Å². The number of esters is 3. The molecule has 7 atom stereocenters. The van der Waals surface area contributed by atoms with Crippen molar-refractivity contribution in [2.24, 2.45) is 28.1 Å². The summed E-state index contributed by atoms with van der Waals surface area (Å²) in [6.45, 7) is 19.1. The molecule has 0 unspecified atom stereocenters. The topological polar surface area (TPSA) is 96.0 Å². The molecule has 0 saturated heterocycles. The van der Waals surface area contributed by atoms with Gasteiger partial charge in [-0.2, -0.15) is 0 Å². The van der Waals surface area contributed by atoms with E-state index in [1.54, 1.807) is 0 Å². The van der Waals surface area contributed by atoms with Gasteiger partial charge in [-0.1, -0.05) is 50.6 Å². The summed E-state index contributed by atoms with van der Waals surface area (Å²) in [6.07, 6.45) is 11.6. The smallest absolute Gasteiger partial charge is 0.303 e. The van der Waals surface area contributed by atoms with Gasteiger partial charge in [0.05, 0.1) is 0 Å². The summed E-state index contributed by atoms with van der Waals surface area (Å²) in [5, 5.41) is 0. The summed E-state index contributed by atoms with van der Waals surface area (Å²) < 4.78 is 17.0. The standard InChI is InChI=1S/C36H52O7/c1-22(2)14-15-29(42-26(6)38)23(3)12-11-13-24(4)33-28(40)20-31-34(8)19-17-32(43-27(7)39)36(10,21-41-25(5)37)30(34)16-18-35(31,33)9/h11-14,29-32H,15-21H2,1-10H3/b13-11?,23-12?,33-24+/t29-,30+,31-,32+,34-,35-,36+/m0/s1. The number of carbonyl (C=O) groups excluding carboxylic acids is 4. The third-order valence-corrected chi connectivity index (χ3v) is 10.6. The summed E-state index contributed by atoms with van der Waals surface area (Å²) in [5.41, 5.74) is 2.97. The van der Waals surface area contributed by atoms with Crippen molar-refractivity contribution in [1.29, 1.82) is 0 Å². The zero-order valence-electron chi connectivity index (χ0n) is 27.9. The lowest BCUT2D eigenvalue weighted by Crippen LogP contribution is -2.60. The molecule has 7 heteroatoms. The van der Waals surface area contributed by atoms with Crippen LogP contribution in [-0.2, 0) is 33.4 Å². The number of carbonyl (C=O) groups is 4. The minimum absolute atomic E-state index is 0.128. The second-order valence-corrected chi connectivity index (χ2v) is 14.1. The summed E-state index contributed by atoms with van der Waals surface area (Å²) >= 11 is 0. The summed E-state index contributed by atoms with van der Waals surface area (Å²) in [6, 6.07) is 0. The SMILES string of the molecule is CC(=O)OC[C@]1(C)[C@@H]2CC[C@]3(C)/C(=C(\C)C=CC=C(C)[C@H](CC=C(C)C)OC(C)=O)C(=O)C[C@H]3[C@@]2(C)CC[C@H]1OC(C)=O. The minimum atomic E-state index is -0.539. The van der Waals surface area contributed by atoms with E-state index in [0.29, 0.717) is 19.3 Å². The first-order valence-electron chi connectivity index (χ1n) is 15.7. The first kappa shape index (κ1) is 34.5. The van der Waals surface area contributed by atoms with E-state index in [1.165, 1.54) is 26.3 Å². The van der Waals surface area contributed by atoms with E-state index in [0.717, 1.165) is 36.0 Å². The molecular formula is C36H52O7. The Kier molecular flexibility index (Phi) is 10.7. The molecule has 3 fully saturated rings. The van der Waals surface area contributed by atoms with Gasteiger partial charge in [-0.3, -0.25) is 19.2 Å². The van der Waals surface area contributed by atoms with Gasteiger partial charge in [0, 0.05) is 50.0 Å². The molecule has 3 aliphatic carbocycles. The zero-order chi connectivity index (χ0) is 32.3. The molecule has 0 aromatic carbocycles. The van der Waals surface area contributed by atoms with Crippen LogP contribution in [0.3, 0.4) is 0 Å². The van der Waals surface area contributed by atoms with Crippen LogP contribution < -0.4 is 0 Å². The first-order chi connectivity index (χ1) is 20.0. The summed E-state index contributed by atoms with van der Waals surface area (Å²) in [4.78, 5) is 49.3. The Labute approximate surface area is 258 Å². The van der Waals surface area contributed by atoms with Gasteiger partial charge in [-0.05, 0) is 81.8 Å². The van der Waals surface area contributed by atoms with Crippen molar-refractivity contribution in [3.8, 4) is 0 Å². The van der Waals surface area contributed by atoms with E-state index in [2.05, 4.69) is 26.8 Å². The van der Waals surface area contributed by atoms with E-state index in [9.17, 15) is 19.2 Å². The molecule has 0 aromatic heterocycles. The molecule has 0 spiro atoms. The van der Waals surface area contributed by atoms with Gasteiger partial charge in [0.2, 0.25) is 0 Å². The second-order valence-electron chi connectivity index (χ2n) is 14.1. The molecule has 0 heterocycles. The highest BCUT2D eigenvalue weighted by molar-refractivity contribution is 6.00. The number of ketones is 1. The number of hydrogen-bond donors (Lipinski definition) is 0. The third kappa shape index (κ3) is 7.24. The molecule has 0 bridgehead atoms. The lowest BCUT2D eigenvalue weighted by atomic mass is 9.43. The lowest BCUT2D eigenvalue weighted by molar-refractivity contribution is -0.203. The lowest BCUT2D eigenvalue weighted by Gasteiger charge is -2.62. The normalized spacial score (nSPS) is 34.1. The van der Waals surface area contributed by atoms with Crippen LogP contribution in [0.15, 0.2) is 46.6 Å². The van der Waals surface area contributed by atoms with E-state index in [4.69, 9.17) is 14.2 Å². The van der Waals surface area contributed by atoms with Crippen molar-refractivity contribution in [3.63, 3.8) is 0 Å². The van der Waals surface area contributed by atoms with E-state index in [1.807, 2.05) is 45.9 Å². The Bertz CT molecular complexity index is 1250. The average Bonchev–Trinajstić information content (AvgIpc) is 3.17.